The van der Waals surface area contributed by atoms with Crippen LogP contribution in [0.2, 0.25) is 0 Å². The van der Waals surface area contributed by atoms with Crippen molar-refractivity contribution in [1.82, 2.24) is 9.88 Å². The maximum absolute atomic E-state index is 13.2. The predicted molar refractivity (Wildman–Crippen MR) is 77.5 cm³/mol. The zero-order valence-corrected chi connectivity index (χ0v) is 12.0. The van der Waals surface area contributed by atoms with Gasteiger partial charge < -0.3 is 9.52 Å². The highest BCUT2D eigenvalue weighted by molar-refractivity contribution is 5.70. The SMILES string of the molecule is O=C(O)[C@H]1CCCN(Cc2coc(-c3cccc(F)c3)n2)C1. The summed E-state index contributed by atoms with van der Waals surface area (Å²) < 4.78 is 18.6. The summed E-state index contributed by atoms with van der Waals surface area (Å²) in [5.41, 5.74) is 1.32. The molecule has 3 rings (SSSR count). The van der Waals surface area contributed by atoms with Crippen LogP contribution in [-0.2, 0) is 11.3 Å². The van der Waals surface area contributed by atoms with E-state index in [0.717, 1.165) is 25.1 Å². The molecule has 2 heterocycles. The molecule has 2 aromatic rings. The molecule has 0 saturated carbocycles. The topological polar surface area (TPSA) is 66.6 Å². The molecule has 1 aromatic carbocycles. The first-order valence-electron chi connectivity index (χ1n) is 7.27. The van der Waals surface area contributed by atoms with Gasteiger partial charge in [0.1, 0.15) is 12.1 Å². The summed E-state index contributed by atoms with van der Waals surface area (Å²) in [5, 5.41) is 9.10. The number of piperidine rings is 1. The van der Waals surface area contributed by atoms with Crippen molar-refractivity contribution in [3.05, 3.63) is 42.0 Å². The summed E-state index contributed by atoms with van der Waals surface area (Å²) >= 11 is 0. The van der Waals surface area contributed by atoms with E-state index in [0.29, 0.717) is 24.5 Å². The highest BCUT2D eigenvalue weighted by Gasteiger charge is 2.25. The molecule has 1 aliphatic rings. The van der Waals surface area contributed by atoms with Crippen molar-refractivity contribution >= 4 is 5.97 Å². The van der Waals surface area contributed by atoms with Gasteiger partial charge in [-0.2, -0.15) is 0 Å². The van der Waals surface area contributed by atoms with Crippen LogP contribution in [0.25, 0.3) is 11.5 Å². The number of carboxylic acids is 1. The van der Waals surface area contributed by atoms with Gasteiger partial charge in [-0.15, -0.1) is 0 Å². The first kappa shape index (κ1) is 14.7. The Hall–Kier alpha value is -2.21. The zero-order valence-electron chi connectivity index (χ0n) is 12.0. The second-order valence-corrected chi connectivity index (χ2v) is 5.57. The molecule has 1 atom stereocenters. The van der Waals surface area contributed by atoms with Gasteiger partial charge in [-0.05, 0) is 37.6 Å². The van der Waals surface area contributed by atoms with E-state index in [2.05, 4.69) is 9.88 Å². The number of carbonyl (C=O) groups is 1. The monoisotopic (exact) mass is 304 g/mol. The number of aromatic nitrogens is 1. The minimum absolute atomic E-state index is 0.316. The molecule has 0 aliphatic carbocycles. The molecule has 1 saturated heterocycles. The fraction of sp³-hybridized carbons (Fsp3) is 0.375. The minimum atomic E-state index is -0.745. The van der Waals surface area contributed by atoms with Crippen LogP contribution in [-0.4, -0.2) is 34.0 Å². The summed E-state index contributed by atoms with van der Waals surface area (Å²) in [7, 11) is 0. The van der Waals surface area contributed by atoms with Gasteiger partial charge in [-0.25, -0.2) is 9.37 Å². The van der Waals surface area contributed by atoms with E-state index in [-0.39, 0.29) is 11.7 Å². The first-order chi connectivity index (χ1) is 10.6. The molecule has 1 fully saturated rings. The molecule has 1 aromatic heterocycles. The maximum atomic E-state index is 13.2. The van der Waals surface area contributed by atoms with Crippen molar-refractivity contribution in [3.8, 4) is 11.5 Å². The standard InChI is InChI=1S/C16H17FN2O3/c17-13-5-1-3-11(7-13)15-18-14(10-22-15)9-19-6-2-4-12(8-19)16(20)21/h1,3,5,7,10,12H,2,4,6,8-9H2,(H,20,21)/t12-/m0/s1. The van der Waals surface area contributed by atoms with E-state index in [1.807, 2.05) is 0 Å². The smallest absolute Gasteiger partial charge is 0.307 e. The highest BCUT2D eigenvalue weighted by Crippen LogP contribution is 2.22. The number of rotatable bonds is 4. The molecule has 116 valence electrons. The van der Waals surface area contributed by atoms with E-state index >= 15 is 0 Å². The Balaban J connectivity index is 1.68. The van der Waals surface area contributed by atoms with E-state index in [4.69, 9.17) is 9.52 Å². The molecule has 6 heteroatoms. The lowest BCUT2D eigenvalue weighted by atomic mass is 9.98. The van der Waals surface area contributed by atoms with Crippen LogP contribution in [0, 0.1) is 11.7 Å². The molecular weight excluding hydrogens is 287 g/mol. The number of aliphatic carboxylic acids is 1. The van der Waals surface area contributed by atoms with Crippen molar-refractivity contribution in [2.24, 2.45) is 5.92 Å². The molecule has 5 nitrogen and oxygen atoms in total. The van der Waals surface area contributed by atoms with Crippen LogP contribution in [0.4, 0.5) is 4.39 Å². The molecule has 1 aliphatic heterocycles. The molecular formula is C16H17FN2O3. The average molecular weight is 304 g/mol. The van der Waals surface area contributed by atoms with Gasteiger partial charge in [0.2, 0.25) is 5.89 Å². The number of nitrogens with zero attached hydrogens (tertiary/aromatic N) is 2. The van der Waals surface area contributed by atoms with Crippen LogP contribution >= 0.6 is 0 Å². The number of carboxylic acid groups (broad SMARTS) is 1. The second kappa shape index (κ2) is 6.27. The van der Waals surface area contributed by atoms with Crippen LogP contribution in [0.5, 0.6) is 0 Å². The van der Waals surface area contributed by atoms with Gasteiger partial charge in [0.15, 0.2) is 0 Å². The predicted octanol–water partition coefficient (Wildman–Crippen LogP) is 2.78. The largest absolute Gasteiger partial charge is 0.481 e. The summed E-state index contributed by atoms with van der Waals surface area (Å²) in [6.45, 7) is 1.92. The van der Waals surface area contributed by atoms with Crippen LogP contribution < -0.4 is 0 Å². The van der Waals surface area contributed by atoms with Crippen molar-refractivity contribution in [2.45, 2.75) is 19.4 Å². The van der Waals surface area contributed by atoms with Crippen molar-refractivity contribution in [2.75, 3.05) is 13.1 Å². The third-order valence-corrected chi connectivity index (χ3v) is 3.86. The summed E-state index contributed by atoms with van der Waals surface area (Å²) in [6.07, 6.45) is 3.13. The highest BCUT2D eigenvalue weighted by atomic mass is 19.1. The Morgan fingerprint density at radius 2 is 2.36 bits per heavy atom. The number of likely N-dealkylation sites (tertiary alicyclic amines) is 1. The Kier molecular flexibility index (Phi) is 4.20. The lowest BCUT2D eigenvalue weighted by molar-refractivity contribution is -0.143. The Morgan fingerprint density at radius 3 is 3.14 bits per heavy atom. The lowest BCUT2D eigenvalue weighted by Crippen LogP contribution is -2.38. The molecule has 0 radical (unpaired) electrons. The van der Waals surface area contributed by atoms with Crippen molar-refractivity contribution < 1.29 is 18.7 Å². The summed E-state index contributed by atoms with van der Waals surface area (Å²) in [4.78, 5) is 17.5. The first-order valence-corrected chi connectivity index (χ1v) is 7.27. The van der Waals surface area contributed by atoms with E-state index in [1.165, 1.54) is 12.1 Å². The minimum Gasteiger partial charge on any atom is -0.481 e. The van der Waals surface area contributed by atoms with Crippen molar-refractivity contribution in [3.63, 3.8) is 0 Å². The van der Waals surface area contributed by atoms with Gasteiger partial charge >= 0.3 is 5.97 Å². The Morgan fingerprint density at radius 1 is 1.50 bits per heavy atom. The van der Waals surface area contributed by atoms with Gasteiger partial charge in [-0.3, -0.25) is 9.69 Å². The van der Waals surface area contributed by atoms with Gasteiger partial charge in [0.25, 0.3) is 0 Å². The van der Waals surface area contributed by atoms with Crippen LogP contribution in [0.3, 0.4) is 0 Å². The zero-order chi connectivity index (χ0) is 15.5. The van der Waals surface area contributed by atoms with E-state index in [9.17, 15) is 9.18 Å². The number of hydrogen-bond donors (Lipinski definition) is 1. The second-order valence-electron chi connectivity index (χ2n) is 5.57. The summed E-state index contributed by atoms with van der Waals surface area (Å²) in [6, 6.07) is 6.08. The molecule has 0 spiro atoms. The lowest BCUT2D eigenvalue weighted by Gasteiger charge is -2.29. The van der Waals surface area contributed by atoms with E-state index in [1.54, 1.807) is 18.4 Å². The fourth-order valence-corrected chi connectivity index (χ4v) is 2.76. The Labute approximate surface area is 127 Å². The Bertz CT molecular complexity index is 671. The van der Waals surface area contributed by atoms with Crippen LogP contribution in [0.1, 0.15) is 18.5 Å². The third-order valence-electron chi connectivity index (χ3n) is 3.86. The van der Waals surface area contributed by atoms with Crippen molar-refractivity contribution in [1.29, 1.82) is 0 Å². The van der Waals surface area contributed by atoms with Gasteiger partial charge in [0, 0.05) is 18.7 Å². The summed E-state index contributed by atoms with van der Waals surface area (Å²) in [5.74, 6) is -1.02. The third kappa shape index (κ3) is 3.33. The number of oxazole rings is 1. The quantitative estimate of drug-likeness (QED) is 0.941. The molecule has 22 heavy (non-hydrogen) atoms. The maximum Gasteiger partial charge on any atom is 0.307 e. The van der Waals surface area contributed by atoms with E-state index < -0.39 is 5.97 Å². The number of halogens is 1. The normalized spacial score (nSPS) is 19.2. The molecule has 0 bridgehead atoms. The molecule has 0 unspecified atom stereocenters. The van der Waals surface area contributed by atoms with Crippen LogP contribution in [0.15, 0.2) is 34.9 Å². The number of hydrogen-bond acceptors (Lipinski definition) is 4. The molecule has 0 amide bonds. The molecule has 1 N–H and O–H groups in total. The fourth-order valence-electron chi connectivity index (χ4n) is 2.76. The van der Waals surface area contributed by atoms with Gasteiger partial charge in [0.05, 0.1) is 11.6 Å². The van der Waals surface area contributed by atoms with Gasteiger partial charge in [-0.1, -0.05) is 6.07 Å². The number of benzene rings is 1. The average Bonchev–Trinajstić information content (AvgIpc) is 2.96.